The van der Waals surface area contributed by atoms with Crippen molar-refractivity contribution in [3.63, 3.8) is 0 Å². The van der Waals surface area contributed by atoms with Crippen molar-refractivity contribution in [2.45, 2.75) is 25.7 Å². The maximum atomic E-state index is 2.39. The molecular weight excluding hydrogens is 264 g/mol. The van der Waals surface area contributed by atoms with Crippen LogP contribution in [0.4, 0.5) is 0 Å². The van der Waals surface area contributed by atoms with Crippen LogP contribution < -0.4 is 0 Å². The molecule has 0 amide bonds. The molecule has 0 heteroatoms. The summed E-state index contributed by atoms with van der Waals surface area (Å²) in [6.07, 6.45) is 1.05. The maximum absolute atomic E-state index is 2.39. The molecule has 0 saturated heterocycles. The fourth-order valence-corrected chi connectivity index (χ4v) is 3.76. The van der Waals surface area contributed by atoms with Crippen LogP contribution in [0, 0.1) is 0 Å². The van der Waals surface area contributed by atoms with E-state index in [0.29, 0.717) is 0 Å². The van der Waals surface area contributed by atoms with Crippen LogP contribution in [0.15, 0.2) is 72.8 Å². The van der Waals surface area contributed by atoms with Gasteiger partial charge in [0, 0.05) is 5.41 Å². The van der Waals surface area contributed by atoms with Gasteiger partial charge in [0.1, 0.15) is 0 Å². The Bertz CT molecular complexity index is 826. The maximum Gasteiger partial charge on any atom is 0.0152 e. The van der Waals surface area contributed by atoms with Gasteiger partial charge in [-0.3, -0.25) is 0 Å². The molecular formula is C22H20. The lowest BCUT2D eigenvalue weighted by Gasteiger charge is -2.35. The Morgan fingerprint density at radius 3 is 2.14 bits per heavy atom. The molecule has 4 rings (SSSR count). The van der Waals surface area contributed by atoms with E-state index in [0.717, 1.165) is 6.42 Å². The highest BCUT2D eigenvalue weighted by Crippen LogP contribution is 2.42. The van der Waals surface area contributed by atoms with E-state index in [2.05, 4.69) is 86.6 Å². The van der Waals surface area contributed by atoms with Gasteiger partial charge in [0.05, 0.1) is 0 Å². The Balaban J connectivity index is 1.89. The van der Waals surface area contributed by atoms with Crippen molar-refractivity contribution in [2.24, 2.45) is 0 Å². The molecule has 0 fully saturated rings. The quantitative estimate of drug-likeness (QED) is 0.547. The van der Waals surface area contributed by atoms with Crippen molar-refractivity contribution >= 4 is 0 Å². The zero-order valence-electron chi connectivity index (χ0n) is 13.1. The molecule has 0 radical (unpaired) electrons. The minimum Gasteiger partial charge on any atom is -0.0622 e. The van der Waals surface area contributed by atoms with Crippen LogP contribution in [0.1, 0.15) is 36.1 Å². The van der Waals surface area contributed by atoms with Gasteiger partial charge < -0.3 is 0 Å². The van der Waals surface area contributed by atoms with Crippen molar-refractivity contribution < 1.29 is 0 Å². The van der Waals surface area contributed by atoms with Gasteiger partial charge in [0.15, 0.2) is 0 Å². The van der Waals surface area contributed by atoms with Gasteiger partial charge in [-0.15, -0.1) is 0 Å². The average Bonchev–Trinajstić information content (AvgIpc) is 2.56. The first-order chi connectivity index (χ1) is 10.7. The minimum atomic E-state index is 0.0645. The van der Waals surface area contributed by atoms with Gasteiger partial charge in [0.2, 0.25) is 0 Å². The van der Waals surface area contributed by atoms with Crippen molar-refractivity contribution in [3.8, 4) is 11.1 Å². The zero-order valence-corrected chi connectivity index (χ0v) is 13.1. The lowest BCUT2D eigenvalue weighted by atomic mass is 9.68. The monoisotopic (exact) mass is 284 g/mol. The Kier molecular flexibility index (Phi) is 2.94. The lowest BCUT2D eigenvalue weighted by molar-refractivity contribution is 0.611. The van der Waals surface area contributed by atoms with E-state index in [1.54, 1.807) is 0 Å². The number of hydrogen-bond donors (Lipinski definition) is 0. The summed E-state index contributed by atoms with van der Waals surface area (Å²) in [5.74, 6) is 0. The largest absolute Gasteiger partial charge is 0.0622 e. The van der Waals surface area contributed by atoms with Gasteiger partial charge in [-0.1, -0.05) is 80.6 Å². The van der Waals surface area contributed by atoms with E-state index in [9.17, 15) is 0 Å². The van der Waals surface area contributed by atoms with Crippen molar-refractivity contribution in [3.05, 3.63) is 95.1 Å². The lowest BCUT2D eigenvalue weighted by Crippen LogP contribution is -2.27. The predicted octanol–water partition coefficient (Wildman–Crippen LogP) is 5.58. The first-order valence-electron chi connectivity index (χ1n) is 7.93. The van der Waals surface area contributed by atoms with E-state index in [-0.39, 0.29) is 5.41 Å². The fourth-order valence-electron chi connectivity index (χ4n) is 3.76. The van der Waals surface area contributed by atoms with Gasteiger partial charge in [0.25, 0.3) is 0 Å². The molecule has 0 N–H and O–H groups in total. The molecule has 22 heavy (non-hydrogen) atoms. The van der Waals surface area contributed by atoms with E-state index in [1.807, 2.05) is 0 Å². The SMILES string of the molecule is CC1(C)c2ccccc2Cc2ccc(-c3ccccc3)cc21. The smallest absolute Gasteiger partial charge is 0.0152 e. The molecule has 0 unspecified atom stereocenters. The number of benzene rings is 3. The summed E-state index contributed by atoms with van der Waals surface area (Å²) in [4.78, 5) is 0. The second kappa shape index (κ2) is 4.84. The average molecular weight is 284 g/mol. The molecule has 0 heterocycles. The molecule has 1 aliphatic carbocycles. The van der Waals surface area contributed by atoms with Crippen LogP contribution in [0.5, 0.6) is 0 Å². The van der Waals surface area contributed by atoms with Crippen LogP contribution >= 0.6 is 0 Å². The van der Waals surface area contributed by atoms with E-state index in [1.165, 1.54) is 33.4 Å². The van der Waals surface area contributed by atoms with Gasteiger partial charge >= 0.3 is 0 Å². The molecule has 0 spiro atoms. The van der Waals surface area contributed by atoms with Crippen LogP contribution in [0.25, 0.3) is 11.1 Å². The van der Waals surface area contributed by atoms with Crippen molar-refractivity contribution in [2.75, 3.05) is 0 Å². The second-order valence-electron chi connectivity index (χ2n) is 6.70. The van der Waals surface area contributed by atoms with Gasteiger partial charge in [-0.25, -0.2) is 0 Å². The highest BCUT2D eigenvalue weighted by molar-refractivity contribution is 5.67. The zero-order chi connectivity index (χ0) is 15.2. The van der Waals surface area contributed by atoms with Crippen LogP contribution in [0.2, 0.25) is 0 Å². The first-order valence-corrected chi connectivity index (χ1v) is 7.93. The first kappa shape index (κ1) is 13.3. The van der Waals surface area contributed by atoms with E-state index >= 15 is 0 Å². The molecule has 0 atom stereocenters. The molecule has 0 aliphatic heterocycles. The topological polar surface area (TPSA) is 0 Å². The second-order valence-corrected chi connectivity index (χ2v) is 6.70. The Morgan fingerprint density at radius 1 is 0.636 bits per heavy atom. The summed E-state index contributed by atoms with van der Waals surface area (Å²) in [7, 11) is 0. The summed E-state index contributed by atoms with van der Waals surface area (Å²) in [5.41, 5.74) is 8.53. The Hall–Kier alpha value is -2.34. The summed E-state index contributed by atoms with van der Waals surface area (Å²) in [6.45, 7) is 4.69. The Morgan fingerprint density at radius 2 is 1.32 bits per heavy atom. The highest BCUT2D eigenvalue weighted by atomic mass is 14.4. The Labute approximate surface area is 132 Å². The third-order valence-electron chi connectivity index (χ3n) is 4.96. The van der Waals surface area contributed by atoms with Crippen molar-refractivity contribution in [1.82, 2.24) is 0 Å². The minimum absolute atomic E-state index is 0.0645. The fraction of sp³-hybridized carbons (Fsp3) is 0.182. The third-order valence-corrected chi connectivity index (χ3v) is 4.96. The number of rotatable bonds is 1. The summed E-state index contributed by atoms with van der Waals surface area (Å²) < 4.78 is 0. The molecule has 0 saturated carbocycles. The molecule has 0 bridgehead atoms. The summed E-state index contributed by atoms with van der Waals surface area (Å²) in [6, 6.07) is 26.5. The third kappa shape index (κ3) is 1.99. The molecule has 108 valence electrons. The standard InChI is InChI=1S/C22H20/c1-22(2)20-11-7-6-10-18(20)14-19-13-12-17(15-21(19)22)16-8-4-3-5-9-16/h3-13,15H,14H2,1-2H3. The van der Waals surface area contributed by atoms with Crippen molar-refractivity contribution in [1.29, 1.82) is 0 Å². The van der Waals surface area contributed by atoms with Crippen LogP contribution in [0.3, 0.4) is 0 Å². The highest BCUT2D eigenvalue weighted by Gasteiger charge is 2.32. The van der Waals surface area contributed by atoms with Crippen LogP contribution in [-0.4, -0.2) is 0 Å². The number of hydrogen-bond acceptors (Lipinski definition) is 0. The molecule has 3 aromatic rings. The normalized spacial score (nSPS) is 15.0. The molecule has 0 aromatic heterocycles. The summed E-state index contributed by atoms with van der Waals surface area (Å²) >= 11 is 0. The molecule has 3 aromatic carbocycles. The van der Waals surface area contributed by atoms with Crippen LogP contribution in [-0.2, 0) is 11.8 Å². The number of fused-ring (bicyclic) bond motifs is 2. The van der Waals surface area contributed by atoms with E-state index < -0.39 is 0 Å². The van der Waals surface area contributed by atoms with E-state index in [4.69, 9.17) is 0 Å². The molecule has 1 aliphatic rings. The predicted molar refractivity (Wildman–Crippen MR) is 93.3 cm³/mol. The van der Waals surface area contributed by atoms with Gasteiger partial charge in [-0.05, 0) is 45.9 Å². The summed E-state index contributed by atoms with van der Waals surface area (Å²) in [5, 5.41) is 0. The van der Waals surface area contributed by atoms with Gasteiger partial charge in [-0.2, -0.15) is 0 Å². The molecule has 0 nitrogen and oxygen atoms in total.